The normalized spacial score (nSPS) is 10.7. The highest BCUT2D eigenvalue weighted by Gasteiger charge is 2.14. The predicted octanol–water partition coefficient (Wildman–Crippen LogP) is 1.41. The molecule has 0 fully saturated rings. The van der Waals surface area contributed by atoms with Gasteiger partial charge < -0.3 is 10.4 Å². The molecule has 0 atom stereocenters. The highest BCUT2D eigenvalue weighted by molar-refractivity contribution is 5.93. The van der Waals surface area contributed by atoms with E-state index in [4.69, 9.17) is 5.11 Å². The van der Waals surface area contributed by atoms with Crippen LogP contribution in [0, 0.1) is 0 Å². The maximum absolute atomic E-state index is 12.8. The van der Waals surface area contributed by atoms with Gasteiger partial charge in [0.15, 0.2) is 0 Å². The number of carboxylic acids is 1. The van der Waals surface area contributed by atoms with Gasteiger partial charge in [0.05, 0.1) is 23.0 Å². The van der Waals surface area contributed by atoms with Crippen LogP contribution in [0.4, 0.5) is 5.69 Å². The maximum Gasteiger partial charge on any atom is 0.335 e. The third kappa shape index (κ3) is 3.50. The molecule has 27 heavy (non-hydrogen) atoms. The van der Waals surface area contributed by atoms with Crippen LogP contribution in [0.25, 0.3) is 10.9 Å². The monoisotopic (exact) mass is 367 g/mol. The molecule has 3 rings (SSSR count). The van der Waals surface area contributed by atoms with Crippen LogP contribution in [-0.4, -0.2) is 26.1 Å². The SMILES string of the molecule is CC(=O)Nc1ccc(Cn2c(=O)c3cc(C(=O)O)ccc3n(C)c2=O)cc1. The quantitative estimate of drug-likeness (QED) is 0.724. The van der Waals surface area contributed by atoms with Crippen LogP contribution in [0.1, 0.15) is 22.8 Å². The molecule has 0 unspecified atom stereocenters. The van der Waals surface area contributed by atoms with Gasteiger partial charge in [0.2, 0.25) is 5.91 Å². The Morgan fingerprint density at radius 2 is 1.74 bits per heavy atom. The minimum absolute atomic E-state index is 0.0236. The van der Waals surface area contributed by atoms with Crippen molar-refractivity contribution in [2.24, 2.45) is 7.05 Å². The second-order valence-electron chi connectivity index (χ2n) is 6.15. The van der Waals surface area contributed by atoms with Crippen LogP contribution >= 0.6 is 0 Å². The van der Waals surface area contributed by atoms with Gasteiger partial charge in [-0.05, 0) is 35.9 Å². The summed E-state index contributed by atoms with van der Waals surface area (Å²) in [7, 11) is 1.53. The first kappa shape index (κ1) is 18.1. The fourth-order valence-corrected chi connectivity index (χ4v) is 2.87. The number of carbonyl (C=O) groups is 2. The summed E-state index contributed by atoms with van der Waals surface area (Å²) in [6, 6.07) is 10.8. The van der Waals surface area contributed by atoms with Crippen molar-refractivity contribution in [3.8, 4) is 0 Å². The molecular formula is C19H17N3O5. The molecule has 0 aliphatic rings. The van der Waals surface area contributed by atoms with E-state index in [-0.39, 0.29) is 23.4 Å². The molecule has 8 heteroatoms. The Bertz CT molecular complexity index is 1170. The largest absolute Gasteiger partial charge is 0.478 e. The van der Waals surface area contributed by atoms with E-state index < -0.39 is 17.2 Å². The fourth-order valence-electron chi connectivity index (χ4n) is 2.87. The molecule has 1 amide bonds. The maximum atomic E-state index is 12.8. The fraction of sp³-hybridized carbons (Fsp3) is 0.158. The van der Waals surface area contributed by atoms with E-state index in [1.54, 1.807) is 24.3 Å². The van der Waals surface area contributed by atoms with Crippen molar-refractivity contribution in [3.63, 3.8) is 0 Å². The second kappa shape index (κ2) is 6.91. The number of aromatic nitrogens is 2. The third-order valence-electron chi connectivity index (χ3n) is 4.21. The molecule has 2 N–H and O–H groups in total. The first-order valence-corrected chi connectivity index (χ1v) is 8.11. The summed E-state index contributed by atoms with van der Waals surface area (Å²) in [5.41, 5.74) is 0.591. The van der Waals surface area contributed by atoms with E-state index in [0.29, 0.717) is 16.8 Å². The van der Waals surface area contributed by atoms with Crippen molar-refractivity contribution >= 4 is 28.5 Å². The Labute approximate surface area is 153 Å². The molecule has 0 saturated carbocycles. The van der Waals surface area contributed by atoms with Crippen molar-refractivity contribution in [2.75, 3.05) is 5.32 Å². The standard InChI is InChI=1S/C19H17N3O5/c1-11(23)20-14-6-3-12(4-7-14)10-22-17(24)15-9-13(18(25)26)5-8-16(15)21(2)19(22)27/h3-9H,10H2,1-2H3,(H,20,23)(H,25,26). The smallest absolute Gasteiger partial charge is 0.335 e. The zero-order valence-corrected chi connectivity index (χ0v) is 14.7. The molecule has 0 saturated heterocycles. The summed E-state index contributed by atoms with van der Waals surface area (Å²) in [5, 5.41) is 11.9. The molecule has 1 aromatic heterocycles. The lowest BCUT2D eigenvalue weighted by Crippen LogP contribution is -2.39. The van der Waals surface area contributed by atoms with Crippen molar-refractivity contribution in [2.45, 2.75) is 13.5 Å². The van der Waals surface area contributed by atoms with Crippen LogP contribution in [0.3, 0.4) is 0 Å². The highest BCUT2D eigenvalue weighted by atomic mass is 16.4. The van der Waals surface area contributed by atoms with Gasteiger partial charge in [-0.1, -0.05) is 12.1 Å². The molecule has 3 aromatic rings. The Hall–Kier alpha value is -3.68. The lowest BCUT2D eigenvalue weighted by molar-refractivity contribution is -0.114. The van der Waals surface area contributed by atoms with Crippen LogP contribution < -0.4 is 16.6 Å². The van der Waals surface area contributed by atoms with Gasteiger partial charge >= 0.3 is 11.7 Å². The molecule has 1 heterocycles. The molecular weight excluding hydrogens is 350 g/mol. The van der Waals surface area contributed by atoms with Gasteiger partial charge in [0.25, 0.3) is 5.56 Å². The summed E-state index contributed by atoms with van der Waals surface area (Å²) >= 11 is 0. The third-order valence-corrected chi connectivity index (χ3v) is 4.21. The van der Waals surface area contributed by atoms with Crippen LogP contribution in [0.5, 0.6) is 0 Å². The summed E-state index contributed by atoms with van der Waals surface area (Å²) in [6.45, 7) is 1.43. The Morgan fingerprint density at radius 3 is 2.33 bits per heavy atom. The summed E-state index contributed by atoms with van der Waals surface area (Å²) in [5.74, 6) is -1.35. The minimum atomic E-state index is -1.15. The molecule has 0 spiro atoms. The number of rotatable bonds is 4. The lowest BCUT2D eigenvalue weighted by Gasteiger charge is -2.12. The number of nitrogens with one attached hydrogen (secondary N) is 1. The topological polar surface area (TPSA) is 110 Å². The van der Waals surface area contributed by atoms with Gasteiger partial charge in [0, 0.05) is 19.7 Å². The number of aromatic carboxylic acids is 1. The average molecular weight is 367 g/mol. The van der Waals surface area contributed by atoms with Gasteiger partial charge in [-0.3, -0.25) is 18.7 Å². The van der Waals surface area contributed by atoms with E-state index >= 15 is 0 Å². The Balaban J connectivity index is 2.08. The van der Waals surface area contributed by atoms with Crippen LogP contribution in [-0.2, 0) is 18.4 Å². The Morgan fingerprint density at radius 1 is 1.07 bits per heavy atom. The zero-order chi connectivity index (χ0) is 19.7. The van der Waals surface area contributed by atoms with E-state index in [0.717, 1.165) is 4.57 Å². The summed E-state index contributed by atoms with van der Waals surface area (Å²) in [4.78, 5) is 47.6. The van der Waals surface area contributed by atoms with Crippen LogP contribution in [0.2, 0.25) is 0 Å². The number of hydrogen-bond donors (Lipinski definition) is 2. The van der Waals surface area contributed by atoms with Crippen molar-refractivity contribution in [1.29, 1.82) is 0 Å². The number of aryl methyl sites for hydroxylation is 1. The van der Waals surface area contributed by atoms with E-state index in [2.05, 4.69) is 5.32 Å². The van der Waals surface area contributed by atoms with E-state index in [1.807, 2.05) is 0 Å². The highest BCUT2D eigenvalue weighted by Crippen LogP contribution is 2.13. The minimum Gasteiger partial charge on any atom is -0.478 e. The van der Waals surface area contributed by atoms with Gasteiger partial charge in [-0.25, -0.2) is 9.59 Å². The molecule has 2 aromatic carbocycles. The second-order valence-corrected chi connectivity index (χ2v) is 6.15. The number of anilines is 1. The first-order valence-electron chi connectivity index (χ1n) is 8.11. The zero-order valence-electron chi connectivity index (χ0n) is 14.7. The molecule has 138 valence electrons. The summed E-state index contributed by atoms with van der Waals surface area (Å²) in [6.07, 6.45) is 0. The van der Waals surface area contributed by atoms with Gasteiger partial charge in [-0.15, -0.1) is 0 Å². The number of carbonyl (C=O) groups excluding carboxylic acids is 1. The molecule has 0 aliphatic heterocycles. The van der Waals surface area contributed by atoms with Crippen molar-refractivity contribution in [1.82, 2.24) is 9.13 Å². The van der Waals surface area contributed by atoms with Gasteiger partial charge in [0.1, 0.15) is 0 Å². The molecule has 0 aliphatic carbocycles. The number of carboxylic acid groups (broad SMARTS) is 1. The van der Waals surface area contributed by atoms with E-state index in [9.17, 15) is 19.2 Å². The van der Waals surface area contributed by atoms with Crippen molar-refractivity contribution < 1.29 is 14.7 Å². The van der Waals surface area contributed by atoms with Crippen LogP contribution in [0.15, 0.2) is 52.1 Å². The number of nitrogens with zero attached hydrogens (tertiary/aromatic N) is 2. The average Bonchev–Trinajstić information content (AvgIpc) is 2.63. The first-order chi connectivity index (χ1) is 12.8. The molecule has 0 bridgehead atoms. The predicted molar refractivity (Wildman–Crippen MR) is 100 cm³/mol. The molecule has 0 radical (unpaired) electrons. The number of benzene rings is 2. The van der Waals surface area contributed by atoms with E-state index in [1.165, 1.54) is 36.7 Å². The van der Waals surface area contributed by atoms with Gasteiger partial charge in [-0.2, -0.15) is 0 Å². The Kier molecular flexibility index (Phi) is 4.64. The number of fused-ring (bicyclic) bond motifs is 1. The van der Waals surface area contributed by atoms with Crippen molar-refractivity contribution in [3.05, 3.63) is 74.4 Å². The summed E-state index contributed by atoms with van der Waals surface area (Å²) < 4.78 is 2.37. The molecule has 8 nitrogen and oxygen atoms in total. The number of hydrogen-bond acceptors (Lipinski definition) is 4. The number of amides is 1. The lowest BCUT2D eigenvalue weighted by atomic mass is 10.1.